The van der Waals surface area contributed by atoms with Gasteiger partial charge in [-0.25, -0.2) is 0 Å². The third-order valence-corrected chi connectivity index (χ3v) is 4.88. The zero-order valence-corrected chi connectivity index (χ0v) is 9.33. The molecule has 0 bridgehead atoms. The monoisotopic (exact) mass is 200 g/mol. The van der Waals surface area contributed by atoms with Crippen molar-refractivity contribution in [3.8, 4) is 0 Å². The van der Waals surface area contributed by atoms with Crippen LogP contribution in [0.5, 0.6) is 0 Å². The molecule has 1 saturated heterocycles. The quantitative estimate of drug-likeness (QED) is 0.739. The van der Waals surface area contributed by atoms with Crippen molar-refractivity contribution in [1.82, 2.24) is 0 Å². The average Bonchev–Trinajstić information content (AvgIpc) is 2.60. The van der Waals surface area contributed by atoms with Crippen molar-refractivity contribution in [2.24, 2.45) is 5.41 Å². The number of thioether (sulfide) groups is 1. The van der Waals surface area contributed by atoms with Crippen LogP contribution in [0.3, 0.4) is 0 Å². The second-order valence-corrected chi connectivity index (χ2v) is 6.33. The normalized spacial score (nSPS) is 38.3. The zero-order chi connectivity index (χ0) is 9.36. The topological polar surface area (TPSA) is 20.2 Å². The summed E-state index contributed by atoms with van der Waals surface area (Å²) in [6.07, 6.45) is 7.49. The van der Waals surface area contributed by atoms with E-state index in [1.165, 1.54) is 25.7 Å². The van der Waals surface area contributed by atoms with Crippen molar-refractivity contribution in [2.45, 2.75) is 51.0 Å². The van der Waals surface area contributed by atoms with Gasteiger partial charge in [-0.2, -0.15) is 11.8 Å². The van der Waals surface area contributed by atoms with Gasteiger partial charge < -0.3 is 5.11 Å². The van der Waals surface area contributed by atoms with E-state index in [0.717, 1.165) is 24.3 Å². The molecule has 0 aromatic carbocycles. The van der Waals surface area contributed by atoms with Gasteiger partial charge in [0.1, 0.15) is 0 Å². The molecule has 0 aromatic rings. The highest BCUT2D eigenvalue weighted by molar-refractivity contribution is 7.99. The number of hydrogen-bond acceptors (Lipinski definition) is 2. The fourth-order valence-corrected chi connectivity index (χ4v) is 4.23. The molecule has 1 aliphatic heterocycles. The lowest BCUT2D eigenvalue weighted by Crippen LogP contribution is -2.34. The van der Waals surface area contributed by atoms with Gasteiger partial charge in [-0.15, -0.1) is 0 Å². The van der Waals surface area contributed by atoms with Gasteiger partial charge >= 0.3 is 0 Å². The second-order valence-electron chi connectivity index (χ2n) is 5.22. The summed E-state index contributed by atoms with van der Waals surface area (Å²) in [6, 6.07) is 0. The van der Waals surface area contributed by atoms with E-state index >= 15 is 0 Å². The summed E-state index contributed by atoms with van der Waals surface area (Å²) in [7, 11) is 0. The molecule has 2 fully saturated rings. The van der Waals surface area contributed by atoms with Crippen molar-refractivity contribution < 1.29 is 5.11 Å². The van der Waals surface area contributed by atoms with Gasteiger partial charge in [0, 0.05) is 5.75 Å². The number of aliphatic hydroxyl groups is 1. The van der Waals surface area contributed by atoms with Crippen LogP contribution in [0.1, 0.15) is 45.4 Å². The van der Waals surface area contributed by atoms with Gasteiger partial charge in [0.25, 0.3) is 0 Å². The summed E-state index contributed by atoms with van der Waals surface area (Å²) in [4.78, 5) is 0. The molecular formula is C11H20OS. The highest BCUT2D eigenvalue weighted by atomic mass is 32.2. The summed E-state index contributed by atoms with van der Waals surface area (Å²) < 4.78 is 0. The minimum atomic E-state index is -0.316. The van der Waals surface area contributed by atoms with Gasteiger partial charge in [0.05, 0.1) is 5.60 Å². The van der Waals surface area contributed by atoms with Crippen LogP contribution < -0.4 is 0 Å². The minimum Gasteiger partial charge on any atom is -0.389 e. The van der Waals surface area contributed by atoms with E-state index in [1.807, 2.05) is 11.8 Å². The van der Waals surface area contributed by atoms with E-state index < -0.39 is 0 Å². The zero-order valence-electron chi connectivity index (χ0n) is 8.51. The Morgan fingerprint density at radius 2 is 1.92 bits per heavy atom. The molecule has 1 aliphatic carbocycles. The first-order valence-electron chi connectivity index (χ1n) is 5.42. The lowest BCUT2D eigenvalue weighted by atomic mass is 9.77. The van der Waals surface area contributed by atoms with E-state index in [0.29, 0.717) is 5.41 Å². The van der Waals surface area contributed by atoms with Crippen LogP contribution in [0.25, 0.3) is 0 Å². The van der Waals surface area contributed by atoms with Gasteiger partial charge in [0.2, 0.25) is 0 Å². The van der Waals surface area contributed by atoms with Crippen molar-refractivity contribution in [3.05, 3.63) is 0 Å². The lowest BCUT2D eigenvalue weighted by Gasteiger charge is -2.32. The summed E-state index contributed by atoms with van der Waals surface area (Å²) in [6.45, 7) is 2.36. The smallest absolute Gasteiger partial charge is 0.0750 e. The third kappa shape index (κ3) is 2.21. The summed E-state index contributed by atoms with van der Waals surface area (Å²) in [5.41, 5.74) is 0.142. The second kappa shape index (κ2) is 3.47. The molecule has 1 unspecified atom stereocenters. The summed E-state index contributed by atoms with van der Waals surface area (Å²) in [5.74, 6) is 2.13. The van der Waals surface area contributed by atoms with Gasteiger partial charge in [-0.3, -0.25) is 0 Å². The fraction of sp³-hybridized carbons (Fsp3) is 1.00. The average molecular weight is 200 g/mol. The lowest BCUT2D eigenvalue weighted by molar-refractivity contribution is 0.0183. The summed E-state index contributed by atoms with van der Waals surface area (Å²) >= 11 is 1.91. The molecule has 1 N–H and O–H groups in total. The maximum atomic E-state index is 10.3. The Morgan fingerprint density at radius 3 is 2.46 bits per heavy atom. The first-order valence-corrected chi connectivity index (χ1v) is 6.58. The van der Waals surface area contributed by atoms with Crippen LogP contribution in [0.4, 0.5) is 0 Å². The fourth-order valence-electron chi connectivity index (χ4n) is 2.94. The molecule has 13 heavy (non-hydrogen) atoms. The maximum absolute atomic E-state index is 10.3. The van der Waals surface area contributed by atoms with Gasteiger partial charge in [-0.1, -0.05) is 19.8 Å². The van der Waals surface area contributed by atoms with Crippen LogP contribution >= 0.6 is 11.8 Å². The van der Waals surface area contributed by atoms with Crippen molar-refractivity contribution in [3.63, 3.8) is 0 Å². The molecule has 1 atom stereocenters. The Labute approximate surface area is 85.3 Å². The molecule has 2 heteroatoms. The highest BCUT2D eigenvalue weighted by Gasteiger charge is 2.40. The molecule has 76 valence electrons. The van der Waals surface area contributed by atoms with E-state index in [9.17, 15) is 5.11 Å². The first kappa shape index (κ1) is 9.85. The Balaban J connectivity index is 1.95. The van der Waals surface area contributed by atoms with E-state index in [4.69, 9.17) is 0 Å². The summed E-state index contributed by atoms with van der Waals surface area (Å²) in [5, 5.41) is 10.3. The van der Waals surface area contributed by atoms with E-state index in [-0.39, 0.29) is 5.60 Å². The molecule has 2 rings (SSSR count). The van der Waals surface area contributed by atoms with Crippen LogP contribution in [-0.2, 0) is 0 Å². The minimum absolute atomic E-state index is 0.316. The Kier molecular flexibility index (Phi) is 2.63. The number of rotatable bonds is 2. The van der Waals surface area contributed by atoms with Crippen molar-refractivity contribution >= 4 is 11.8 Å². The molecule has 1 nitrogen and oxygen atoms in total. The molecule has 1 heterocycles. The number of hydrogen-bond donors (Lipinski definition) is 1. The standard InChI is InChI=1S/C11H20OS/c1-10(4-2-3-5-10)8-11(12)6-7-13-9-11/h12H,2-9H2,1H3. The van der Waals surface area contributed by atoms with Crippen molar-refractivity contribution in [2.75, 3.05) is 11.5 Å². The molecular weight excluding hydrogens is 180 g/mol. The molecule has 0 radical (unpaired) electrons. The van der Waals surface area contributed by atoms with Crippen LogP contribution in [0.15, 0.2) is 0 Å². The molecule has 0 aromatic heterocycles. The van der Waals surface area contributed by atoms with Crippen molar-refractivity contribution in [1.29, 1.82) is 0 Å². The predicted octanol–water partition coefficient (Wildman–Crippen LogP) is 2.82. The van der Waals surface area contributed by atoms with E-state index in [2.05, 4.69) is 6.92 Å². The third-order valence-electron chi connectivity index (χ3n) is 3.65. The van der Waals surface area contributed by atoms with E-state index in [1.54, 1.807) is 0 Å². The molecule has 1 saturated carbocycles. The van der Waals surface area contributed by atoms with Gasteiger partial charge in [-0.05, 0) is 36.9 Å². The maximum Gasteiger partial charge on any atom is 0.0750 e. The Morgan fingerprint density at radius 1 is 1.23 bits per heavy atom. The molecule has 0 spiro atoms. The van der Waals surface area contributed by atoms with Gasteiger partial charge in [0.15, 0.2) is 0 Å². The van der Waals surface area contributed by atoms with Crippen LogP contribution in [0.2, 0.25) is 0 Å². The molecule has 0 amide bonds. The first-order chi connectivity index (χ1) is 6.12. The molecule has 2 aliphatic rings. The predicted molar refractivity (Wildman–Crippen MR) is 58.1 cm³/mol. The largest absolute Gasteiger partial charge is 0.389 e. The SMILES string of the molecule is CC1(CC2(O)CCSC2)CCCC1. The van der Waals surface area contributed by atoms with Crippen LogP contribution in [-0.4, -0.2) is 22.2 Å². The Bertz CT molecular complexity index is 159. The van der Waals surface area contributed by atoms with Crippen LogP contribution in [0, 0.1) is 5.41 Å². The highest BCUT2D eigenvalue weighted by Crippen LogP contribution is 2.46. The Hall–Kier alpha value is 0.310.